The maximum Gasteiger partial charge on any atom is 0.233 e. The Bertz CT molecular complexity index is 906. The van der Waals surface area contributed by atoms with Gasteiger partial charge in [-0.25, -0.2) is 9.97 Å². The lowest BCUT2D eigenvalue weighted by Gasteiger charge is -2.17. The minimum Gasteiger partial charge on any atom is -0.341 e. The molecule has 1 amide bonds. The Hall–Kier alpha value is -1.92. The number of hydrogen-bond donors (Lipinski definition) is 0. The third-order valence-electron chi connectivity index (χ3n) is 4.13. The fourth-order valence-electron chi connectivity index (χ4n) is 2.60. The highest BCUT2D eigenvalue weighted by molar-refractivity contribution is 8.00. The molecule has 0 spiro atoms. The van der Waals surface area contributed by atoms with Crippen molar-refractivity contribution in [3.8, 4) is 0 Å². The van der Waals surface area contributed by atoms with Gasteiger partial charge in [0.05, 0.1) is 5.75 Å². The van der Waals surface area contributed by atoms with Gasteiger partial charge in [-0.05, 0) is 31.9 Å². The van der Waals surface area contributed by atoms with Crippen molar-refractivity contribution >= 4 is 39.2 Å². The molecule has 1 aromatic carbocycles. The summed E-state index contributed by atoms with van der Waals surface area (Å²) < 4.78 is 0. The van der Waals surface area contributed by atoms with Crippen molar-refractivity contribution < 1.29 is 4.79 Å². The smallest absolute Gasteiger partial charge is 0.233 e. The second-order valence-corrected chi connectivity index (χ2v) is 8.23. The Balaban J connectivity index is 1.73. The summed E-state index contributed by atoms with van der Waals surface area (Å²) in [5.74, 6) is 1.23. The van der Waals surface area contributed by atoms with E-state index in [2.05, 4.69) is 23.8 Å². The summed E-state index contributed by atoms with van der Waals surface area (Å²) in [5, 5.41) is 2.00. The van der Waals surface area contributed by atoms with Gasteiger partial charge in [-0.15, -0.1) is 11.3 Å². The molecule has 0 radical (unpaired) electrons. The molecule has 0 aliphatic carbocycles. The van der Waals surface area contributed by atoms with Gasteiger partial charge < -0.3 is 4.90 Å². The number of amides is 1. The highest BCUT2D eigenvalue weighted by Gasteiger charge is 2.16. The van der Waals surface area contributed by atoms with Crippen LogP contribution in [-0.2, 0) is 11.3 Å². The fraction of sp³-hybridized carbons (Fsp3) is 0.316. The van der Waals surface area contributed by atoms with Gasteiger partial charge in [0, 0.05) is 23.9 Å². The number of fused-ring (bicyclic) bond motifs is 1. The number of thioether (sulfide) groups is 1. The molecule has 0 saturated carbocycles. The van der Waals surface area contributed by atoms with E-state index >= 15 is 0 Å². The molecule has 2 aromatic heterocycles. The van der Waals surface area contributed by atoms with E-state index in [4.69, 9.17) is 0 Å². The van der Waals surface area contributed by atoms with Crippen LogP contribution in [0.5, 0.6) is 0 Å². The standard InChI is InChI=1S/C19H21N3OS2/c1-12-13(2)25-19-17(12)18(20-14(3)21-19)24-11-16(23)22(4)10-15-8-6-5-7-9-15/h5-9H,10-11H2,1-4H3. The maximum absolute atomic E-state index is 12.5. The molecule has 0 unspecified atom stereocenters. The summed E-state index contributed by atoms with van der Waals surface area (Å²) in [6.07, 6.45) is 0. The molecule has 0 saturated heterocycles. The van der Waals surface area contributed by atoms with E-state index in [1.165, 1.54) is 22.2 Å². The molecule has 4 nitrogen and oxygen atoms in total. The molecule has 130 valence electrons. The maximum atomic E-state index is 12.5. The van der Waals surface area contributed by atoms with E-state index in [9.17, 15) is 4.79 Å². The van der Waals surface area contributed by atoms with Crippen molar-refractivity contribution in [1.82, 2.24) is 14.9 Å². The Labute approximate surface area is 156 Å². The normalized spacial score (nSPS) is 11.0. The number of rotatable bonds is 5. The SMILES string of the molecule is Cc1nc(SCC(=O)N(C)Cc2ccccc2)c2c(C)c(C)sc2n1. The first-order valence-corrected chi connectivity index (χ1v) is 9.91. The Morgan fingerprint density at radius 3 is 2.60 bits per heavy atom. The van der Waals surface area contributed by atoms with E-state index in [1.54, 1.807) is 16.2 Å². The zero-order valence-corrected chi connectivity index (χ0v) is 16.5. The van der Waals surface area contributed by atoms with Gasteiger partial charge in [-0.2, -0.15) is 0 Å². The van der Waals surface area contributed by atoms with Crippen LogP contribution in [-0.4, -0.2) is 33.6 Å². The predicted octanol–water partition coefficient (Wildman–Crippen LogP) is 4.37. The summed E-state index contributed by atoms with van der Waals surface area (Å²) in [5.41, 5.74) is 2.35. The lowest BCUT2D eigenvalue weighted by molar-refractivity contribution is -0.127. The molecule has 25 heavy (non-hydrogen) atoms. The number of benzene rings is 1. The van der Waals surface area contributed by atoms with Gasteiger partial charge in [0.15, 0.2) is 0 Å². The van der Waals surface area contributed by atoms with Gasteiger partial charge in [-0.1, -0.05) is 42.1 Å². The van der Waals surface area contributed by atoms with Crippen molar-refractivity contribution in [2.75, 3.05) is 12.8 Å². The lowest BCUT2D eigenvalue weighted by atomic mass is 10.2. The van der Waals surface area contributed by atoms with Gasteiger partial charge >= 0.3 is 0 Å². The molecule has 0 aliphatic rings. The number of carbonyl (C=O) groups excluding carboxylic acids is 1. The fourth-order valence-corrected chi connectivity index (χ4v) is 4.82. The second kappa shape index (κ2) is 7.54. The van der Waals surface area contributed by atoms with Crippen LogP contribution >= 0.6 is 23.1 Å². The average Bonchev–Trinajstić information content (AvgIpc) is 2.87. The van der Waals surface area contributed by atoms with Crippen LogP contribution in [0.1, 0.15) is 21.8 Å². The largest absolute Gasteiger partial charge is 0.341 e. The highest BCUT2D eigenvalue weighted by Crippen LogP contribution is 2.35. The van der Waals surface area contributed by atoms with Crippen molar-refractivity contribution in [2.24, 2.45) is 0 Å². The van der Waals surface area contributed by atoms with Crippen molar-refractivity contribution in [1.29, 1.82) is 0 Å². The van der Waals surface area contributed by atoms with Crippen LogP contribution < -0.4 is 0 Å². The van der Waals surface area contributed by atoms with Crippen molar-refractivity contribution in [3.63, 3.8) is 0 Å². The number of hydrogen-bond acceptors (Lipinski definition) is 5. The number of carbonyl (C=O) groups is 1. The first-order valence-electron chi connectivity index (χ1n) is 8.10. The van der Waals surface area contributed by atoms with Crippen LogP contribution in [0.25, 0.3) is 10.2 Å². The Kier molecular flexibility index (Phi) is 5.39. The van der Waals surface area contributed by atoms with E-state index < -0.39 is 0 Å². The van der Waals surface area contributed by atoms with E-state index in [1.807, 2.05) is 44.3 Å². The highest BCUT2D eigenvalue weighted by atomic mass is 32.2. The summed E-state index contributed by atoms with van der Waals surface area (Å²) in [6, 6.07) is 10.0. The molecule has 6 heteroatoms. The third-order valence-corrected chi connectivity index (χ3v) is 6.19. The molecule has 3 aromatic rings. The average molecular weight is 372 g/mol. The van der Waals surface area contributed by atoms with E-state index in [0.717, 1.165) is 26.6 Å². The van der Waals surface area contributed by atoms with Gasteiger partial charge in [0.25, 0.3) is 0 Å². The molecule has 3 rings (SSSR count). The number of aryl methyl sites for hydroxylation is 3. The van der Waals surface area contributed by atoms with E-state index in [-0.39, 0.29) is 5.91 Å². The van der Waals surface area contributed by atoms with Crippen LogP contribution in [0, 0.1) is 20.8 Å². The topological polar surface area (TPSA) is 46.1 Å². The Morgan fingerprint density at radius 1 is 1.16 bits per heavy atom. The minimum atomic E-state index is 0.0999. The molecule has 0 bridgehead atoms. The van der Waals surface area contributed by atoms with Crippen molar-refractivity contribution in [2.45, 2.75) is 32.3 Å². The first kappa shape index (κ1) is 17.9. The summed E-state index contributed by atoms with van der Waals surface area (Å²) >= 11 is 3.19. The van der Waals surface area contributed by atoms with Crippen LogP contribution in [0.3, 0.4) is 0 Å². The third kappa shape index (κ3) is 4.02. The molecule has 2 heterocycles. The zero-order valence-electron chi connectivity index (χ0n) is 14.9. The summed E-state index contributed by atoms with van der Waals surface area (Å²) in [4.78, 5) is 25.6. The van der Waals surface area contributed by atoms with Crippen LogP contribution in [0.15, 0.2) is 35.4 Å². The minimum absolute atomic E-state index is 0.0999. The van der Waals surface area contributed by atoms with Crippen LogP contribution in [0.4, 0.5) is 0 Å². The molecule has 0 fully saturated rings. The van der Waals surface area contributed by atoms with Crippen LogP contribution in [0.2, 0.25) is 0 Å². The van der Waals surface area contributed by atoms with Crippen molar-refractivity contribution in [3.05, 3.63) is 52.2 Å². The summed E-state index contributed by atoms with van der Waals surface area (Å²) in [6.45, 7) is 6.72. The molecular weight excluding hydrogens is 350 g/mol. The Morgan fingerprint density at radius 2 is 1.88 bits per heavy atom. The summed E-state index contributed by atoms with van der Waals surface area (Å²) in [7, 11) is 1.84. The van der Waals surface area contributed by atoms with Gasteiger partial charge in [0.1, 0.15) is 15.7 Å². The van der Waals surface area contributed by atoms with Gasteiger partial charge in [0.2, 0.25) is 5.91 Å². The quantitative estimate of drug-likeness (QED) is 0.494. The van der Waals surface area contributed by atoms with Gasteiger partial charge in [-0.3, -0.25) is 4.79 Å². The second-order valence-electron chi connectivity index (χ2n) is 6.06. The molecule has 0 N–H and O–H groups in total. The first-order chi connectivity index (χ1) is 12.0. The molecule has 0 aliphatic heterocycles. The predicted molar refractivity (Wildman–Crippen MR) is 105 cm³/mol. The zero-order chi connectivity index (χ0) is 18.0. The monoisotopic (exact) mass is 371 g/mol. The van der Waals surface area contributed by atoms with E-state index in [0.29, 0.717) is 12.3 Å². The number of nitrogens with zero attached hydrogens (tertiary/aromatic N) is 3. The lowest BCUT2D eigenvalue weighted by Crippen LogP contribution is -2.27. The molecule has 0 atom stereocenters. The number of thiophene rings is 1. The molecular formula is C19H21N3OS2. The number of aromatic nitrogens is 2.